The van der Waals surface area contributed by atoms with Crippen LogP contribution in [-0.4, -0.2) is 22.6 Å². The summed E-state index contributed by atoms with van der Waals surface area (Å²) in [6, 6.07) is 10.8. The molecule has 3 rings (SSSR count). The maximum absolute atomic E-state index is 13.3. The fourth-order valence-electron chi connectivity index (χ4n) is 2.75. The van der Waals surface area contributed by atoms with Gasteiger partial charge in [0.2, 0.25) is 5.91 Å². The number of hydrogen-bond acceptors (Lipinski definition) is 5. The highest BCUT2D eigenvalue weighted by molar-refractivity contribution is 5.90. The lowest BCUT2D eigenvalue weighted by atomic mass is 10.3. The number of carbonyl (C=O) groups excluding carboxylic acids is 1. The normalized spacial score (nSPS) is 10.5. The van der Waals surface area contributed by atoms with Crippen LogP contribution in [0.5, 0.6) is 11.5 Å². The van der Waals surface area contributed by atoms with E-state index in [9.17, 15) is 18.4 Å². The first kappa shape index (κ1) is 21.0. The molecule has 0 fully saturated rings. The van der Waals surface area contributed by atoms with Crippen LogP contribution in [0.4, 0.5) is 14.5 Å². The van der Waals surface area contributed by atoms with E-state index in [1.165, 1.54) is 6.07 Å². The summed E-state index contributed by atoms with van der Waals surface area (Å²) < 4.78 is 38.5. The lowest BCUT2D eigenvalue weighted by molar-refractivity contribution is -0.116. The van der Waals surface area contributed by atoms with E-state index in [2.05, 4.69) is 10.3 Å². The lowest BCUT2D eigenvalue weighted by Gasteiger charge is -2.14. The Morgan fingerprint density at radius 2 is 1.70 bits per heavy atom. The zero-order valence-corrected chi connectivity index (χ0v) is 16.3. The van der Waals surface area contributed by atoms with E-state index in [0.29, 0.717) is 23.3 Å². The van der Waals surface area contributed by atoms with Crippen molar-refractivity contribution < 1.29 is 23.0 Å². The Balaban J connectivity index is 1.76. The molecule has 0 aliphatic heterocycles. The highest BCUT2D eigenvalue weighted by Crippen LogP contribution is 2.18. The van der Waals surface area contributed by atoms with Crippen LogP contribution in [0, 0.1) is 18.6 Å². The van der Waals surface area contributed by atoms with Crippen LogP contribution in [-0.2, 0) is 17.9 Å². The van der Waals surface area contributed by atoms with Gasteiger partial charge in [0, 0.05) is 23.5 Å². The second kappa shape index (κ2) is 9.17. The predicted octanol–water partition coefficient (Wildman–Crippen LogP) is 3.06. The minimum atomic E-state index is -0.826. The molecule has 1 aromatic heterocycles. The van der Waals surface area contributed by atoms with Crippen molar-refractivity contribution in [3.63, 3.8) is 0 Å². The molecule has 30 heavy (non-hydrogen) atoms. The molecule has 0 aliphatic carbocycles. The van der Waals surface area contributed by atoms with Crippen LogP contribution in [0.15, 0.2) is 53.3 Å². The van der Waals surface area contributed by atoms with Crippen molar-refractivity contribution >= 4 is 11.6 Å². The molecule has 0 radical (unpaired) electrons. The summed E-state index contributed by atoms with van der Waals surface area (Å²) in [5.74, 6) is -0.868. The second-order valence-corrected chi connectivity index (χ2v) is 6.41. The SMILES string of the molecule is COc1ccc(OCc2nc(C)cc(=O)n2CC(=O)Nc2cc(F)cc(F)c2)cc1. The molecule has 0 saturated heterocycles. The van der Waals surface area contributed by atoms with Gasteiger partial charge in [-0.2, -0.15) is 0 Å². The first-order chi connectivity index (χ1) is 14.3. The maximum Gasteiger partial charge on any atom is 0.254 e. The molecule has 9 heteroatoms. The van der Waals surface area contributed by atoms with Crippen LogP contribution in [0.1, 0.15) is 11.5 Å². The molecule has 156 valence electrons. The molecule has 0 spiro atoms. The van der Waals surface area contributed by atoms with Gasteiger partial charge in [0.05, 0.1) is 7.11 Å². The summed E-state index contributed by atoms with van der Waals surface area (Å²) in [4.78, 5) is 29.0. The van der Waals surface area contributed by atoms with Crippen molar-refractivity contribution in [2.45, 2.75) is 20.1 Å². The number of methoxy groups -OCH3 is 1. The molecule has 1 N–H and O–H groups in total. The topological polar surface area (TPSA) is 82.5 Å². The largest absolute Gasteiger partial charge is 0.497 e. The van der Waals surface area contributed by atoms with Crippen LogP contribution in [0.2, 0.25) is 0 Å². The van der Waals surface area contributed by atoms with Gasteiger partial charge in [0.25, 0.3) is 5.56 Å². The Morgan fingerprint density at radius 3 is 2.33 bits per heavy atom. The Labute approximate surface area is 170 Å². The number of rotatable bonds is 7. The van der Waals surface area contributed by atoms with Crippen molar-refractivity contribution in [3.05, 3.63) is 82.0 Å². The Morgan fingerprint density at radius 1 is 1.07 bits per heavy atom. The van der Waals surface area contributed by atoms with Crippen molar-refractivity contribution in [1.82, 2.24) is 9.55 Å². The standard InChI is InChI=1S/C21H19F2N3O4/c1-13-7-21(28)26(11-20(27)25-16-9-14(22)8-15(23)10-16)19(24-13)12-30-18-5-3-17(29-2)4-6-18/h3-10H,11-12H2,1-2H3,(H,25,27). The van der Waals surface area contributed by atoms with Crippen LogP contribution in [0.25, 0.3) is 0 Å². The summed E-state index contributed by atoms with van der Waals surface area (Å²) in [6.07, 6.45) is 0. The fraction of sp³-hybridized carbons (Fsp3) is 0.190. The molecule has 3 aromatic rings. The van der Waals surface area contributed by atoms with E-state index in [1.807, 2.05) is 0 Å². The Kier molecular flexibility index (Phi) is 6.41. The van der Waals surface area contributed by atoms with Gasteiger partial charge in [-0.25, -0.2) is 13.8 Å². The van der Waals surface area contributed by atoms with E-state index >= 15 is 0 Å². The predicted molar refractivity (Wildman–Crippen MR) is 106 cm³/mol. The molecule has 0 unspecified atom stereocenters. The highest BCUT2D eigenvalue weighted by Gasteiger charge is 2.13. The minimum Gasteiger partial charge on any atom is -0.497 e. The van der Waals surface area contributed by atoms with Crippen molar-refractivity contribution in [3.8, 4) is 11.5 Å². The number of aromatic nitrogens is 2. The number of hydrogen-bond donors (Lipinski definition) is 1. The highest BCUT2D eigenvalue weighted by atomic mass is 19.1. The van der Waals surface area contributed by atoms with Gasteiger partial charge in [0.15, 0.2) is 0 Å². The first-order valence-corrected chi connectivity index (χ1v) is 8.94. The zero-order chi connectivity index (χ0) is 21.7. The summed E-state index contributed by atoms with van der Waals surface area (Å²) in [7, 11) is 1.55. The third-order valence-corrected chi connectivity index (χ3v) is 4.09. The Bertz CT molecular complexity index is 1090. The van der Waals surface area contributed by atoms with Crippen LogP contribution < -0.4 is 20.3 Å². The number of carbonyl (C=O) groups is 1. The smallest absolute Gasteiger partial charge is 0.254 e. The second-order valence-electron chi connectivity index (χ2n) is 6.41. The van der Waals surface area contributed by atoms with E-state index in [0.717, 1.165) is 16.7 Å². The van der Waals surface area contributed by atoms with Gasteiger partial charge in [-0.1, -0.05) is 0 Å². The zero-order valence-electron chi connectivity index (χ0n) is 16.3. The third kappa shape index (κ3) is 5.40. The fourth-order valence-corrected chi connectivity index (χ4v) is 2.75. The number of ether oxygens (including phenoxy) is 2. The van der Waals surface area contributed by atoms with Gasteiger partial charge in [-0.05, 0) is 43.3 Å². The number of nitrogens with one attached hydrogen (secondary N) is 1. The third-order valence-electron chi connectivity index (χ3n) is 4.09. The molecule has 0 bridgehead atoms. The van der Waals surface area contributed by atoms with Gasteiger partial charge >= 0.3 is 0 Å². The molecule has 2 aromatic carbocycles. The molecule has 0 atom stereocenters. The van der Waals surface area contributed by atoms with E-state index < -0.39 is 29.6 Å². The molecular formula is C21H19F2N3O4. The number of amides is 1. The van der Waals surface area contributed by atoms with Crippen molar-refractivity contribution in [1.29, 1.82) is 0 Å². The van der Waals surface area contributed by atoms with Gasteiger partial charge in [-0.15, -0.1) is 0 Å². The minimum absolute atomic E-state index is 0.0540. The van der Waals surface area contributed by atoms with Gasteiger partial charge in [-0.3, -0.25) is 14.2 Å². The van der Waals surface area contributed by atoms with Gasteiger partial charge < -0.3 is 14.8 Å². The van der Waals surface area contributed by atoms with Crippen LogP contribution >= 0.6 is 0 Å². The van der Waals surface area contributed by atoms with E-state index in [-0.39, 0.29) is 18.1 Å². The molecule has 0 aliphatic rings. The number of nitrogens with zero attached hydrogens (tertiary/aromatic N) is 2. The molecule has 1 amide bonds. The van der Waals surface area contributed by atoms with E-state index in [1.54, 1.807) is 38.3 Å². The van der Waals surface area contributed by atoms with Crippen molar-refractivity contribution in [2.75, 3.05) is 12.4 Å². The molecule has 7 nitrogen and oxygen atoms in total. The number of aryl methyl sites for hydroxylation is 1. The lowest BCUT2D eigenvalue weighted by Crippen LogP contribution is -2.31. The number of halogens is 2. The number of anilines is 1. The summed E-state index contributed by atoms with van der Waals surface area (Å²) in [5.41, 5.74) is -0.0322. The van der Waals surface area contributed by atoms with Crippen LogP contribution in [0.3, 0.4) is 0 Å². The van der Waals surface area contributed by atoms with E-state index in [4.69, 9.17) is 9.47 Å². The van der Waals surface area contributed by atoms with Gasteiger partial charge in [0.1, 0.15) is 42.1 Å². The summed E-state index contributed by atoms with van der Waals surface area (Å²) >= 11 is 0. The average molecular weight is 415 g/mol. The average Bonchev–Trinajstić information content (AvgIpc) is 2.68. The monoisotopic (exact) mass is 415 g/mol. The summed E-state index contributed by atoms with van der Waals surface area (Å²) in [5, 5.41) is 2.37. The molecule has 1 heterocycles. The quantitative estimate of drug-likeness (QED) is 0.641. The number of benzene rings is 2. The maximum atomic E-state index is 13.3. The molecular weight excluding hydrogens is 396 g/mol. The molecule has 0 saturated carbocycles. The van der Waals surface area contributed by atoms with Crippen molar-refractivity contribution in [2.24, 2.45) is 0 Å². The first-order valence-electron chi connectivity index (χ1n) is 8.94. The Hall–Kier alpha value is -3.75. The summed E-state index contributed by atoms with van der Waals surface area (Å²) in [6.45, 7) is 1.19.